The number of carbonyl (C=O) groups is 3. The second-order valence-electron chi connectivity index (χ2n) is 15.6. The zero-order valence-electron chi connectivity index (χ0n) is 33.7. The molecule has 10 atom stereocenters. The van der Waals surface area contributed by atoms with E-state index in [0.29, 0.717) is 6.54 Å². The van der Waals surface area contributed by atoms with Crippen LogP contribution in [0.2, 0.25) is 0 Å². The van der Waals surface area contributed by atoms with Gasteiger partial charge in [-0.2, -0.15) is 0 Å². The number of hydrogen-bond acceptors (Lipinski definition) is 18. The van der Waals surface area contributed by atoms with Crippen LogP contribution >= 0.6 is 15.4 Å². The fourth-order valence-electron chi connectivity index (χ4n) is 8.09. The minimum atomic E-state index is -5.42. The van der Waals surface area contributed by atoms with Gasteiger partial charge < -0.3 is 59.6 Å². The molecule has 63 heavy (non-hydrogen) atoms. The van der Waals surface area contributed by atoms with Crippen molar-refractivity contribution in [3.8, 4) is 0 Å². The molecule has 0 radical (unpaired) electrons. The second kappa shape index (κ2) is 19.1. The molecule has 0 bridgehead atoms. The summed E-state index contributed by atoms with van der Waals surface area (Å²) < 4.78 is 83.4. The number of nitrogens with zero attached hydrogens (tertiary/aromatic N) is 6. The van der Waals surface area contributed by atoms with Crippen molar-refractivity contribution in [3.63, 3.8) is 0 Å². The number of carbonyl (C=O) groups excluding carboxylic acids is 3. The van der Waals surface area contributed by atoms with Gasteiger partial charge in [0, 0.05) is 26.4 Å². The molecule has 28 heteroatoms. The third-order valence-electron chi connectivity index (χ3n) is 11.2. The molecule has 2 aromatic heterocycles. The maximum atomic E-state index is 14.4. The number of likely N-dealkylation sites (N-methyl/N-ethyl adjacent to an activating group) is 1. The van der Waals surface area contributed by atoms with Crippen molar-refractivity contribution < 1.29 is 80.4 Å². The number of imidazole rings is 1. The van der Waals surface area contributed by atoms with Gasteiger partial charge in [0.25, 0.3) is 5.92 Å². The number of piperidine rings is 1. The summed E-state index contributed by atoms with van der Waals surface area (Å²) >= 11 is 0. The van der Waals surface area contributed by atoms with Crippen LogP contribution in [0.25, 0.3) is 11.2 Å². The average Bonchev–Trinajstić information content (AvgIpc) is 3.88. The van der Waals surface area contributed by atoms with Crippen molar-refractivity contribution in [1.82, 2.24) is 34.6 Å². The molecule has 24 nitrogen and oxygen atoms in total. The van der Waals surface area contributed by atoms with E-state index in [9.17, 15) is 57.2 Å². The molecule has 348 valence electrons. The molecule has 3 saturated heterocycles. The number of nitrogen functional groups attached to an aromatic ring is 1. The van der Waals surface area contributed by atoms with Crippen LogP contribution in [0.15, 0.2) is 37.5 Å². The summed E-state index contributed by atoms with van der Waals surface area (Å²) in [7, 11) is -9.34. The number of likely N-dealkylation sites (tertiary alicyclic amines) is 1. The maximum Gasteiger partial charge on any atom is 0.469 e. The highest BCUT2D eigenvalue weighted by molar-refractivity contribution is 7.53. The number of phosphoric acid groups is 1. The predicted molar refractivity (Wildman–Crippen MR) is 212 cm³/mol. The molecule has 9 N–H and O–H groups in total. The first-order valence-corrected chi connectivity index (χ1v) is 22.8. The zero-order chi connectivity index (χ0) is 46.1. The fourth-order valence-corrected chi connectivity index (χ4v) is 10.3. The van der Waals surface area contributed by atoms with Crippen molar-refractivity contribution in [2.45, 2.75) is 86.0 Å². The van der Waals surface area contributed by atoms with Crippen LogP contribution in [0.5, 0.6) is 0 Å². The predicted octanol–water partition coefficient (Wildman–Crippen LogP) is -0.418. The number of amides is 2. The van der Waals surface area contributed by atoms with E-state index in [4.69, 9.17) is 29.9 Å². The van der Waals surface area contributed by atoms with Gasteiger partial charge in [0.2, 0.25) is 11.8 Å². The SMILES string of the molecule is C=CCCC(=O)N(C)[C@@H](CCN1CCCC(F)(F)C1)C(=O)O[C@H]1[C@@H](O)[C@H](n2cnc3c(N)ncnc32)O[C@@H]1COP(=O)(O)[C@@H]1[C@@H](COP(=O)(O)O)OC[C@]1(O)C1C=CC(=N)NC1=O. The van der Waals surface area contributed by atoms with Crippen molar-refractivity contribution in [3.05, 3.63) is 37.5 Å². The molecule has 0 saturated carbocycles. The van der Waals surface area contributed by atoms with E-state index in [1.807, 2.05) is 0 Å². The number of hydrogen-bond donors (Lipinski definition) is 8. The minimum Gasteiger partial charge on any atom is -0.455 e. The summed E-state index contributed by atoms with van der Waals surface area (Å²) in [6.07, 6.45) is -2.84. The number of aliphatic hydroxyl groups is 2. The van der Waals surface area contributed by atoms with Crippen LogP contribution in [0.4, 0.5) is 14.6 Å². The molecule has 4 aliphatic heterocycles. The summed E-state index contributed by atoms with van der Waals surface area (Å²) in [5.41, 5.74) is 1.29. The van der Waals surface area contributed by atoms with Gasteiger partial charge in [-0.15, -0.1) is 6.58 Å². The van der Waals surface area contributed by atoms with Gasteiger partial charge in [-0.25, -0.2) is 33.1 Å². The lowest BCUT2D eigenvalue weighted by molar-refractivity contribution is -0.165. The first-order valence-electron chi connectivity index (χ1n) is 19.6. The Morgan fingerprint density at radius 2 is 1.94 bits per heavy atom. The molecule has 0 aromatic carbocycles. The van der Waals surface area contributed by atoms with Crippen molar-refractivity contribution >= 4 is 56.0 Å². The molecular weight excluding hydrogens is 886 g/mol. The quantitative estimate of drug-likeness (QED) is 0.0535. The molecule has 2 unspecified atom stereocenters. The Labute approximate surface area is 357 Å². The number of halogens is 2. The molecule has 2 amide bonds. The van der Waals surface area contributed by atoms with Gasteiger partial charge in [0.05, 0.1) is 44.7 Å². The van der Waals surface area contributed by atoms with E-state index in [-0.39, 0.29) is 61.5 Å². The highest BCUT2D eigenvalue weighted by atomic mass is 31.2. The van der Waals surface area contributed by atoms with Gasteiger partial charge in [-0.3, -0.25) is 33.6 Å². The lowest BCUT2D eigenvalue weighted by Gasteiger charge is -2.37. The highest BCUT2D eigenvalue weighted by Crippen LogP contribution is 2.59. The van der Waals surface area contributed by atoms with Crippen LogP contribution in [-0.2, 0) is 46.8 Å². The van der Waals surface area contributed by atoms with Crippen molar-refractivity contribution in [2.24, 2.45) is 5.92 Å². The number of ether oxygens (including phenoxy) is 3. The number of rotatable bonds is 18. The number of fused-ring (bicyclic) bond motifs is 1. The molecule has 6 heterocycles. The zero-order valence-corrected chi connectivity index (χ0v) is 35.5. The fraction of sp³-hybridized carbons (Fsp3) is 0.629. The third kappa shape index (κ3) is 10.9. The minimum absolute atomic E-state index is 0.0442. The summed E-state index contributed by atoms with van der Waals surface area (Å²) in [6, 6.07) is -1.41. The molecule has 6 rings (SSSR count). The Morgan fingerprint density at radius 1 is 1.21 bits per heavy atom. The van der Waals surface area contributed by atoms with Crippen LogP contribution in [-0.4, -0.2) is 172 Å². The van der Waals surface area contributed by atoms with Gasteiger partial charge in [0.15, 0.2) is 23.8 Å². The highest BCUT2D eigenvalue weighted by Gasteiger charge is 2.63. The number of alkyl halides is 2. The van der Waals surface area contributed by atoms with Crippen LogP contribution in [0.1, 0.15) is 38.3 Å². The Morgan fingerprint density at radius 3 is 2.62 bits per heavy atom. The number of phosphoric ester groups is 1. The van der Waals surface area contributed by atoms with Crippen molar-refractivity contribution in [1.29, 1.82) is 5.41 Å². The number of aromatic nitrogens is 4. The molecular formula is C35H49F2N9O15P2. The standard InChI is InChI=1S/C35H49F2N9O15P2/c1-3-4-6-24(47)44(2)20(9-12-45-11-5-10-34(36,37)15-45)33(50)61-27-21(60-32(26(27)48)46-18-42-25-29(39)40-17-41-30(25)46)13-58-62(52,53)28-22(14-59-63(54,55)56)57-16-35(28,51)19-7-8-23(38)43-31(19)49/h3,7-8,17-22,26-28,32,48,51H,1,4-6,9-16H2,2H3,(H,52,53)(H2,38,43,49)(H2,39,40,41)(H2,54,55,56)/t19?,20-,21+,22+,26+,27+,28+,32+,35-/m0/s1. The molecule has 3 fully saturated rings. The lowest BCUT2D eigenvalue weighted by Crippen LogP contribution is -2.56. The first-order chi connectivity index (χ1) is 29.5. The van der Waals surface area contributed by atoms with Gasteiger partial charge in [-0.1, -0.05) is 12.2 Å². The first kappa shape index (κ1) is 48.3. The van der Waals surface area contributed by atoms with E-state index in [1.165, 1.54) is 28.9 Å². The summed E-state index contributed by atoms with van der Waals surface area (Å²) in [5.74, 6) is -7.66. The van der Waals surface area contributed by atoms with Gasteiger partial charge >= 0.3 is 21.4 Å². The maximum absolute atomic E-state index is 14.4. The Bertz CT molecular complexity index is 2200. The Kier molecular flexibility index (Phi) is 14.7. The number of anilines is 1. The molecule has 2 aromatic rings. The van der Waals surface area contributed by atoms with E-state index in [2.05, 4.69) is 31.4 Å². The topological polar surface area (TPSA) is 345 Å². The number of aliphatic hydroxyl groups excluding tert-OH is 1. The Hall–Kier alpha value is -4.17. The normalized spacial score (nSPS) is 30.2. The summed E-state index contributed by atoms with van der Waals surface area (Å²) in [4.78, 5) is 85.6. The summed E-state index contributed by atoms with van der Waals surface area (Å²) in [6.45, 7) is 0.309. The van der Waals surface area contributed by atoms with E-state index in [1.54, 1.807) is 0 Å². The van der Waals surface area contributed by atoms with E-state index in [0.717, 1.165) is 23.4 Å². The lowest BCUT2D eigenvalue weighted by atomic mass is 9.82. The molecule has 4 aliphatic rings. The number of nitrogens with one attached hydrogen (secondary N) is 2. The number of esters is 1. The largest absolute Gasteiger partial charge is 0.469 e. The third-order valence-corrected chi connectivity index (χ3v) is 13.7. The average molecular weight is 936 g/mol. The van der Waals surface area contributed by atoms with Crippen molar-refractivity contribution in [2.75, 3.05) is 52.2 Å². The van der Waals surface area contributed by atoms with Crippen LogP contribution < -0.4 is 11.1 Å². The Balaban J connectivity index is 1.31. The van der Waals surface area contributed by atoms with E-state index < -0.39 is 119 Å². The van der Waals surface area contributed by atoms with Gasteiger partial charge in [0.1, 0.15) is 47.2 Å². The van der Waals surface area contributed by atoms with Crippen LogP contribution in [0, 0.1) is 11.3 Å². The smallest absolute Gasteiger partial charge is 0.455 e. The number of nitrogens with two attached hydrogens (primary N) is 1. The molecule has 0 spiro atoms. The summed E-state index contributed by atoms with van der Waals surface area (Å²) in [5, 5.41) is 33.6. The monoisotopic (exact) mass is 935 g/mol. The van der Waals surface area contributed by atoms with Gasteiger partial charge in [-0.05, 0) is 31.9 Å². The number of allylic oxidation sites excluding steroid dienone is 1. The van der Waals surface area contributed by atoms with E-state index >= 15 is 0 Å². The van der Waals surface area contributed by atoms with Crippen LogP contribution in [0.3, 0.4) is 0 Å². The molecule has 0 aliphatic carbocycles. The second-order valence-corrected chi connectivity index (χ2v) is 18.8. The number of amidine groups is 1.